The van der Waals surface area contributed by atoms with Gasteiger partial charge in [-0.05, 0) is 55.3 Å². The number of hydrogen-bond donors (Lipinski definition) is 2. The van der Waals surface area contributed by atoms with Gasteiger partial charge in [-0.1, -0.05) is 13.8 Å². The van der Waals surface area contributed by atoms with E-state index >= 15 is 0 Å². The average Bonchev–Trinajstić information content (AvgIpc) is 3.41. The van der Waals surface area contributed by atoms with Gasteiger partial charge in [0, 0.05) is 41.3 Å². The molecule has 0 spiro atoms. The van der Waals surface area contributed by atoms with Crippen molar-refractivity contribution in [1.82, 2.24) is 15.5 Å². The van der Waals surface area contributed by atoms with E-state index in [0.717, 1.165) is 37.8 Å². The van der Waals surface area contributed by atoms with Crippen LogP contribution in [0.4, 0.5) is 0 Å². The number of amides is 1. The highest BCUT2D eigenvalue weighted by atomic mass is 127. The van der Waals surface area contributed by atoms with Crippen LogP contribution in [0, 0.1) is 5.92 Å². The Morgan fingerprint density at radius 3 is 2.65 bits per heavy atom. The maximum atomic E-state index is 12.2. The van der Waals surface area contributed by atoms with Gasteiger partial charge >= 0.3 is 0 Å². The molecule has 1 saturated heterocycles. The lowest BCUT2D eigenvalue weighted by atomic mass is 10.2. The lowest BCUT2D eigenvalue weighted by Gasteiger charge is -2.20. The van der Waals surface area contributed by atoms with E-state index in [4.69, 9.17) is 9.73 Å². The third kappa shape index (κ3) is 7.10. The quantitative estimate of drug-likeness (QED) is 0.303. The Labute approximate surface area is 206 Å². The zero-order valence-corrected chi connectivity index (χ0v) is 21.8. The first-order valence-electron chi connectivity index (χ1n) is 10.6. The van der Waals surface area contributed by atoms with Gasteiger partial charge in [0.05, 0.1) is 13.7 Å². The van der Waals surface area contributed by atoms with Gasteiger partial charge in [0.1, 0.15) is 5.75 Å². The van der Waals surface area contributed by atoms with Crippen molar-refractivity contribution in [2.75, 3.05) is 26.7 Å². The molecule has 6 nitrogen and oxygen atoms in total. The largest absolute Gasteiger partial charge is 0.497 e. The number of guanidine groups is 1. The lowest BCUT2D eigenvalue weighted by molar-refractivity contribution is -0.133. The Balaban J connectivity index is 0.00000341. The Kier molecular flexibility index (Phi) is 10.1. The molecule has 0 saturated carbocycles. The van der Waals surface area contributed by atoms with Crippen molar-refractivity contribution in [3.63, 3.8) is 0 Å². The first-order chi connectivity index (χ1) is 14.5. The number of nitrogens with one attached hydrogen (secondary N) is 2. The third-order valence-electron chi connectivity index (χ3n) is 5.11. The summed E-state index contributed by atoms with van der Waals surface area (Å²) >= 11 is 1.75. The molecular weight excluding hydrogens is 523 g/mol. The van der Waals surface area contributed by atoms with Gasteiger partial charge in [0.15, 0.2) is 5.96 Å². The molecule has 1 aromatic carbocycles. The fourth-order valence-electron chi connectivity index (χ4n) is 3.49. The van der Waals surface area contributed by atoms with Crippen LogP contribution < -0.4 is 15.4 Å². The fourth-order valence-corrected chi connectivity index (χ4v) is 4.42. The molecule has 2 heterocycles. The highest BCUT2D eigenvalue weighted by Gasteiger charge is 2.27. The SMILES string of the molecule is CCNC(=NCc1ccc(-c2ccc(OC)cc2)s1)NC1CCN(C(=O)C(C)C)C1.I. The predicted molar refractivity (Wildman–Crippen MR) is 139 cm³/mol. The van der Waals surface area contributed by atoms with Crippen LogP contribution in [0.25, 0.3) is 10.4 Å². The second-order valence-corrected chi connectivity index (χ2v) is 8.93. The number of carbonyl (C=O) groups excluding carboxylic acids is 1. The van der Waals surface area contributed by atoms with Crippen molar-refractivity contribution >= 4 is 47.2 Å². The smallest absolute Gasteiger partial charge is 0.225 e. The zero-order chi connectivity index (χ0) is 21.5. The molecule has 2 N–H and O–H groups in total. The van der Waals surface area contributed by atoms with E-state index in [9.17, 15) is 4.79 Å². The second-order valence-electron chi connectivity index (χ2n) is 7.76. The summed E-state index contributed by atoms with van der Waals surface area (Å²) in [5.41, 5.74) is 1.18. The van der Waals surface area contributed by atoms with Crippen molar-refractivity contribution in [1.29, 1.82) is 0 Å². The minimum Gasteiger partial charge on any atom is -0.497 e. The van der Waals surface area contributed by atoms with E-state index in [2.05, 4.69) is 41.8 Å². The van der Waals surface area contributed by atoms with Crippen molar-refractivity contribution in [3.05, 3.63) is 41.3 Å². The highest BCUT2D eigenvalue weighted by Crippen LogP contribution is 2.29. The molecule has 2 aromatic rings. The topological polar surface area (TPSA) is 66.0 Å². The van der Waals surface area contributed by atoms with E-state index in [-0.39, 0.29) is 41.8 Å². The predicted octanol–water partition coefficient (Wildman–Crippen LogP) is 4.35. The highest BCUT2D eigenvalue weighted by molar-refractivity contribution is 14.0. The molecule has 1 aromatic heterocycles. The lowest BCUT2D eigenvalue weighted by Crippen LogP contribution is -2.45. The Bertz CT molecular complexity index is 867. The van der Waals surface area contributed by atoms with Crippen LogP contribution >= 0.6 is 35.3 Å². The molecule has 1 aliphatic rings. The fraction of sp³-hybridized carbons (Fsp3) is 0.478. The summed E-state index contributed by atoms with van der Waals surface area (Å²) in [6, 6.07) is 12.6. The number of methoxy groups -OCH3 is 1. The minimum atomic E-state index is 0. The van der Waals surface area contributed by atoms with Crippen LogP contribution in [-0.4, -0.2) is 49.6 Å². The van der Waals surface area contributed by atoms with Crippen LogP contribution in [0.5, 0.6) is 5.75 Å². The van der Waals surface area contributed by atoms with Gasteiger partial charge in [-0.15, -0.1) is 35.3 Å². The summed E-state index contributed by atoms with van der Waals surface area (Å²) in [6.07, 6.45) is 0.948. The molecule has 1 atom stereocenters. The number of ether oxygens (including phenoxy) is 1. The van der Waals surface area contributed by atoms with Crippen molar-refractivity contribution < 1.29 is 9.53 Å². The van der Waals surface area contributed by atoms with E-state index in [1.54, 1.807) is 18.4 Å². The van der Waals surface area contributed by atoms with Crippen LogP contribution in [0.15, 0.2) is 41.4 Å². The number of aliphatic imine (C=N–C) groups is 1. The molecule has 1 amide bonds. The Morgan fingerprint density at radius 2 is 2.00 bits per heavy atom. The molecule has 3 rings (SSSR count). The molecule has 8 heteroatoms. The maximum absolute atomic E-state index is 12.2. The molecule has 31 heavy (non-hydrogen) atoms. The number of benzene rings is 1. The summed E-state index contributed by atoms with van der Waals surface area (Å²) < 4.78 is 5.23. The van der Waals surface area contributed by atoms with Crippen LogP contribution in [0.2, 0.25) is 0 Å². The standard InChI is InChI=1S/C23H32N4O2S.HI/c1-5-24-23(26-18-12-13-27(15-18)22(28)16(2)3)25-14-20-10-11-21(30-20)17-6-8-19(29-4)9-7-17;/h6-11,16,18H,5,12-15H2,1-4H3,(H2,24,25,26);1H. The Morgan fingerprint density at radius 1 is 1.26 bits per heavy atom. The van der Waals surface area contributed by atoms with Gasteiger partial charge in [0.2, 0.25) is 5.91 Å². The van der Waals surface area contributed by atoms with E-state index in [0.29, 0.717) is 6.54 Å². The van der Waals surface area contributed by atoms with Gasteiger partial charge in [-0.2, -0.15) is 0 Å². The van der Waals surface area contributed by atoms with Crippen LogP contribution in [0.1, 0.15) is 32.1 Å². The molecule has 0 bridgehead atoms. The molecule has 1 unspecified atom stereocenters. The van der Waals surface area contributed by atoms with Crippen LogP contribution in [-0.2, 0) is 11.3 Å². The summed E-state index contributed by atoms with van der Waals surface area (Å²) in [5.74, 6) is 1.94. The number of carbonyl (C=O) groups is 1. The second kappa shape index (κ2) is 12.3. The third-order valence-corrected chi connectivity index (χ3v) is 6.23. The van der Waals surface area contributed by atoms with Crippen molar-refractivity contribution in [2.45, 2.75) is 39.8 Å². The van der Waals surface area contributed by atoms with Crippen molar-refractivity contribution in [3.8, 4) is 16.2 Å². The molecular formula is C23H33IN4O2S. The normalized spacial score (nSPS) is 16.2. The molecule has 1 aliphatic heterocycles. The van der Waals surface area contributed by atoms with E-state index in [1.807, 2.05) is 30.9 Å². The number of hydrogen-bond acceptors (Lipinski definition) is 4. The summed E-state index contributed by atoms with van der Waals surface area (Å²) in [4.78, 5) is 21.4. The summed E-state index contributed by atoms with van der Waals surface area (Å²) in [5, 5.41) is 6.82. The number of thiophene rings is 1. The van der Waals surface area contributed by atoms with Gasteiger partial charge in [0.25, 0.3) is 0 Å². The van der Waals surface area contributed by atoms with E-state index < -0.39 is 0 Å². The summed E-state index contributed by atoms with van der Waals surface area (Å²) in [6.45, 7) is 8.94. The molecule has 1 fully saturated rings. The van der Waals surface area contributed by atoms with Gasteiger partial charge < -0.3 is 20.3 Å². The first kappa shape index (κ1) is 25.5. The number of rotatable bonds is 7. The van der Waals surface area contributed by atoms with E-state index in [1.165, 1.54) is 15.3 Å². The van der Waals surface area contributed by atoms with Gasteiger partial charge in [-0.3, -0.25) is 4.79 Å². The molecule has 170 valence electrons. The summed E-state index contributed by atoms with van der Waals surface area (Å²) in [7, 11) is 1.68. The number of halogens is 1. The first-order valence-corrected chi connectivity index (χ1v) is 11.4. The monoisotopic (exact) mass is 556 g/mol. The maximum Gasteiger partial charge on any atom is 0.225 e. The molecule has 0 aliphatic carbocycles. The average molecular weight is 557 g/mol. The number of nitrogens with zero attached hydrogens (tertiary/aromatic N) is 2. The van der Waals surface area contributed by atoms with Gasteiger partial charge in [-0.25, -0.2) is 4.99 Å². The minimum absolute atomic E-state index is 0. The zero-order valence-electron chi connectivity index (χ0n) is 18.7. The molecule has 0 radical (unpaired) electrons. The van der Waals surface area contributed by atoms with Crippen LogP contribution in [0.3, 0.4) is 0 Å². The van der Waals surface area contributed by atoms with Crippen molar-refractivity contribution in [2.24, 2.45) is 10.9 Å². The Hall–Kier alpha value is -1.81. The number of likely N-dealkylation sites (tertiary alicyclic amines) is 1.